The Morgan fingerprint density at radius 3 is 2.78 bits per heavy atom. The second-order valence-electron chi connectivity index (χ2n) is 2.11. The summed E-state index contributed by atoms with van der Waals surface area (Å²) in [6, 6.07) is 0. The minimum absolute atomic E-state index is 0.363. The Labute approximate surface area is 74.8 Å². The van der Waals surface area contributed by atoms with Crippen LogP contribution in [0.25, 0.3) is 0 Å². The monoisotopic (exact) mass is 271 g/mol. The van der Waals surface area contributed by atoms with Gasteiger partial charge < -0.3 is 0 Å². The number of rotatable bonds is 1. The molecule has 0 amide bonds. The number of allylic oxidation sites excluding steroid dienone is 1. The molecule has 0 fully saturated rings. The van der Waals surface area contributed by atoms with E-state index in [1.54, 1.807) is 0 Å². The Bertz CT molecular complexity index is 133. The summed E-state index contributed by atoms with van der Waals surface area (Å²) in [5, 5.41) is 3.12. The highest BCUT2D eigenvalue weighted by Gasteiger charge is 2.32. The topological polar surface area (TPSA) is 0 Å². The van der Waals surface area contributed by atoms with E-state index in [0.717, 1.165) is 5.25 Å². The van der Waals surface area contributed by atoms with Gasteiger partial charge in [0, 0.05) is 10.9 Å². The maximum atomic E-state index is 3.63. The van der Waals surface area contributed by atoms with Crippen LogP contribution in [0.2, 0.25) is 0 Å². The molecule has 2 unspecified atom stereocenters. The summed E-state index contributed by atoms with van der Waals surface area (Å²) in [7, 11) is 0.363. The van der Waals surface area contributed by atoms with Gasteiger partial charge in [0.25, 0.3) is 0 Å². The molecule has 9 heavy (non-hydrogen) atoms. The molecule has 0 saturated heterocycles. The molecule has 1 heterocycles. The smallest absolute Gasteiger partial charge is 0.0606 e. The van der Waals surface area contributed by atoms with Gasteiger partial charge in [0.1, 0.15) is 10.7 Å². The molecule has 0 aromatic rings. The zero-order valence-electron chi connectivity index (χ0n) is 5.23. The summed E-state index contributed by atoms with van der Waals surface area (Å²) < 4.78 is 1.37. The van der Waals surface area contributed by atoms with Crippen molar-refractivity contribution in [2.24, 2.45) is 0 Å². The summed E-state index contributed by atoms with van der Waals surface area (Å²) in [5.41, 5.74) is 0. The summed E-state index contributed by atoms with van der Waals surface area (Å²) >= 11 is 7.12. The molecule has 0 radical (unpaired) electrons. The average molecular weight is 273 g/mol. The fraction of sp³-hybridized carbons (Fsp3) is 0.667. The molecular weight excluding hydrogens is 264 g/mol. The molecule has 0 spiro atoms. The van der Waals surface area contributed by atoms with Crippen LogP contribution in [-0.2, 0) is 9.33 Å². The molecule has 1 aliphatic rings. The van der Waals surface area contributed by atoms with Crippen molar-refractivity contribution in [2.75, 3.05) is 0 Å². The number of halogens is 2. The first kappa shape index (κ1) is 8.15. The quantitative estimate of drug-likeness (QED) is 0.643. The van der Waals surface area contributed by atoms with Crippen LogP contribution in [0, 0.1) is 0 Å². The molecule has 2 atom stereocenters. The number of hydrogen-bond acceptors (Lipinski definition) is 0. The van der Waals surface area contributed by atoms with Crippen molar-refractivity contribution in [3.8, 4) is 0 Å². The molecule has 1 rings (SSSR count). The summed E-state index contributed by atoms with van der Waals surface area (Å²) in [6.07, 6.45) is 2.50. The van der Waals surface area contributed by atoms with Gasteiger partial charge in [0.05, 0.1) is 9.33 Å². The Morgan fingerprint density at radius 1 is 1.89 bits per heavy atom. The first-order valence-electron chi connectivity index (χ1n) is 2.98. The molecule has 0 aromatic carbocycles. The van der Waals surface area contributed by atoms with Crippen molar-refractivity contribution in [2.45, 2.75) is 25.0 Å². The standard InChI is InChI=1S/C6H9Br2S/c1-2-6-3-5(7)4-9(6)8/h4,6H,2-3H2,1H3/q+1. The molecule has 0 bridgehead atoms. The van der Waals surface area contributed by atoms with Crippen molar-refractivity contribution in [1.82, 2.24) is 0 Å². The van der Waals surface area contributed by atoms with Crippen LogP contribution in [0.3, 0.4) is 0 Å². The number of hydrogen-bond donors (Lipinski definition) is 0. The van der Waals surface area contributed by atoms with E-state index in [0.29, 0.717) is 9.33 Å². The van der Waals surface area contributed by atoms with Gasteiger partial charge in [-0.3, -0.25) is 0 Å². The highest BCUT2D eigenvalue weighted by Crippen LogP contribution is 2.35. The maximum Gasteiger partial charge on any atom is 0.238 e. The fourth-order valence-electron chi connectivity index (χ4n) is 0.867. The highest BCUT2D eigenvalue weighted by atomic mass is 79.9. The second kappa shape index (κ2) is 3.44. The molecule has 52 valence electrons. The third-order valence-electron chi connectivity index (χ3n) is 1.44. The lowest BCUT2D eigenvalue weighted by atomic mass is 10.2. The van der Waals surface area contributed by atoms with Crippen LogP contribution in [0.4, 0.5) is 0 Å². The van der Waals surface area contributed by atoms with Crippen LogP contribution >= 0.6 is 30.7 Å². The van der Waals surface area contributed by atoms with E-state index >= 15 is 0 Å². The molecule has 0 N–H and O–H groups in total. The fourth-order valence-corrected chi connectivity index (χ4v) is 5.89. The van der Waals surface area contributed by atoms with E-state index in [4.69, 9.17) is 0 Å². The summed E-state index contributed by atoms with van der Waals surface area (Å²) in [4.78, 5) is 0. The van der Waals surface area contributed by atoms with Crippen LogP contribution < -0.4 is 0 Å². The van der Waals surface area contributed by atoms with Crippen LogP contribution in [-0.4, -0.2) is 5.25 Å². The van der Waals surface area contributed by atoms with Crippen LogP contribution in [0.5, 0.6) is 0 Å². The molecule has 0 aliphatic carbocycles. The first-order chi connectivity index (χ1) is 4.24. The third kappa shape index (κ3) is 1.99. The van der Waals surface area contributed by atoms with E-state index in [9.17, 15) is 0 Å². The first-order valence-corrected chi connectivity index (χ1v) is 6.97. The van der Waals surface area contributed by atoms with E-state index in [1.807, 2.05) is 0 Å². The van der Waals surface area contributed by atoms with E-state index in [-0.39, 0.29) is 0 Å². The van der Waals surface area contributed by atoms with E-state index in [2.05, 4.69) is 43.1 Å². The van der Waals surface area contributed by atoms with Gasteiger partial charge in [-0.1, -0.05) is 22.9 Å². The minimum Gasteiger partial charge on any atom is -0.0606 e. The van der Waals surface area contributed by atoms with Gasteiger partial charge in [0.15, 0.2) is 0 Å². The SMILES string of the molecule is CCC1CC(Br)=C[S+]1Br. The lowest BCUT2D eigenvalue weighted by Gasteiger charge is -1.98. The third-order valence-corrected chi connectivity index (χ3v) is 6.09. The highest BCUT2D eigenvalue weighted by molar-refractivity contribution is 9.49. The Balaban J connectivity index is 2.49. The minimum atomic E-state index is 0.363. The normalized spacial score (nSPS) is 34.8. The van der Waals surface area contributed by atoms with Crippen molar-refractivity contribution in [3.05, 3.63) is 9.89 Å². The Kier molecular flexibility index (Phi) is 3.12. The zero-order valence-corrected chi connectivity index (χ0v) is 9.22. The molecule has 3 heteroatoms. The van der Waals surface area contributed by atoms with E-state index in [1.165, 1.54) is 17.3 Å². The average Bonchev–Trinajstić information content (AvgIpc) is 2.10. The van der Waals surface area contributed by atoms with E-state index < -0.39 is 0 Å². The van der Waals surface area contributed by atoms with Gasteiger partial charge in [-0.05, 0) is 6.42 Å². The lowest BCUT2D eigenvalue weighted by molar-refractivity contribution is 0.842. The van der Waals surface area contributed by atoms with Gasteiger partial charge in [-0.15, -0.1) is 0 Å². The molecule has 0 nitrogen and oxygen atoms in total. The van der Waals surface area contributed by atoms with Gasteiger partial charge >= 0.3 is 0 Å². The Hall–Kier alpha value is 1.05. The predicted octanol–water partition coefficient (Wildman–Crippen LogP) is 3.33. The van der Waals surface area contributed by atoms with Gasteiger partial charge in [-0.2, -0.15) is 0 Å². The molecular formula is C6H9Br2S+. The lowest BCUT2D eigenvalue weighted by Crippen LogP contribution is -2.06. The largest absolute Gasteiger partial charge is 0.238 e. The molecule has 0 aromatic heterocycles. The second-order valence-corrected chi connectivity index (χ2v) is 6.91. The van der Waals surface area contributed by atoms with Crippen molar-refractivity contribution < 1.29 is 0 Å². The summed E-state index contributed by atoms with van der Waals surface area (Å²) in [6.45, 7) is 2.24. The zero-order chi connectivity index (χ0) is 6.85. The predicted molar refractivity (Wildman–Crippen MR) is 52.0 cm³/mol. The maximum absolute atomic E-state index is 3.63. The van der Waals surface area contributed by atoms with Gasteiger partial charge in [-0.25, -0.2) is 0 Å². The van der Waals surface area contributed by atoms with Crippen LogP contribution in [0.1, 0.15) is 19.8 Å². The molecule has 1 aliphatic heterocycles. The van der Waals surface area contributed by atoms with Crippen molar-refractivity contribution >= 4 is 40.1 Å². The Morgan fingerprint density at radius 2 is 2.56 bits per heavy atom. The van der Waals surface area contributed by atoms with Crippen LogP contribution in [0.15, 0.2) is 9.89 Å². The van der Waals surface area contributed by atoms with Crippen molar-refractivity contribution in [1.29, 1.82) is 0 Å². The molecule has 0 saturated carbocycles. The summed E-state index contributed by atoms with van der Waals surface area (Å²) in [5.74, 6) is 0. The van der Waals surface area contributed by atoms with Crippen molar-refractivity contribution in [3.63, 3.8) is 0 Å². The van der Waals surface area contributed by atoms with Gasteiger partial charge in [0.2, 0.25) is 14.8 Å².